The van der Waals surface area contributed by atoms with Gasteiger partial charge in [-0.05, 0) is 49.1 Å². The van der Waals surface area contributed by atoms with Crippen molar-refractivity contribution in [1.29, 1.82) is 0 Å². The maximum atomic E-state index is 13.3. The highest BCUT2D eigenvalue weighted by Crippen LogP contribution is 2.35. The van der Waals surface area contributed by atoms with Crippen LogP contribution in [0.5, 0.6) is 11.5 Å². The summed E-state index contributed by atoms with van der Waals surface area (Å²) in [7, 11) is 0. The van der Waals surface area contributed by atoms with Gasteiger partial charge in [0.05, 0.1) is 6.10 Å². The molecule has 0 aromatic heterocycles. The summed E-state index contributed by atoms with van der Waals surface area (Å²) in [4.78, 5) is 0. The molecule has 21 heavy (non-hydrogen) atoms. The van der Waals surface area contributed by atoms with E-state index < -0.39 is 6.10 Å². The van der Waals surface area contributed by atoms with Crippen molar-refractivity contribution in [2.24, 2.45) is 0 Å². The van der Waals surface area contributed by atoms with Crippen LogP contribution in [-0.4, -0.2) is 5.11 Å². The molecule has 2 aromatic rings. The van der Waals surface area contributed by atoms with Gasteiger partial charge in [-0.25, -0.2) is 4.39 Å². The number of ether oxygens (including phenoxy) is 1. The van der Waals surface area contributed by atoms with Crippen molar-refractivity contribution in [1.82, 2.24) is 0 Å². The van der Waals surface area contributed by atoms with Gasteiger partial charge in [-0.3, -0.25) is 0 Å². The Morgan fingerprint density at radius 2 is 1.71 bits per heavy atom. The van der Waals surface area contributed by atoms with Gasteiger partial charge in [0.25, 0.3) is 0 Å². The van der Waals surface area contributed by atoms with E-state index in [9.17, 15) is 9.50 Å². The molecule has 0 fully saturated rings. The molecule has 0 radical (unpaired) electrons. The van der Waals surface area contributed by atoms with E-state index in [0.717, 1.165) is 17.7 Å². The van der Waals surface area contributed by atoms with Crippen LogP contribution in [-0.2, 0) is 0 Å². The number of aliphatic hydroxyl groups is 1. The second-order valence-corrected chi connectivity index (χ2v) is 5.31. The maximum absolute atomic E-state index is 13.3. The van der Waals surface area contributed by atoms with Crippen LogP contribution in [0.15, 0.2) is 42.5 Å². The summed E-state index contributed by atoms with van der Waals surface area (Å²) in [6.07, 6.45) is 0.221. The summed E-state index contributed by atoms with van der Waals surface area (Å²) in [5.74, 6) is 1.23. The number of rotatable bonds is 5. The van der Waals surface area contributed by atoms with Gasteiger partial charge in [-0.2, -0.15) is 0 Å². The van der Waals surface area contributed by atoms with Crippen LogP contribution >= 0.6 is 0 Å². The van der Waals surface area contributed by atoms with Crippen LogP contribution in [0.25, 0.3) is 0 Å². The molecule has 0 aliphatic rings. The lowest BCUT2D eigenvalue weighted by Crippen LogP contribution is -2.00. The molecule has 0 heterocycles. The largest absolute Gasteiger partial charge is 0.457 e. The smallest absolute Gasteiger partial charge is 0.133 e. The number of halogens is 1. The standard InChI is InChI=1S/C18H21FO2/c1-4-12(2)15-7-5-6-8-17(15)21-18-10-9-14(19)11-16(18)13(3)20/h5-13,20H,4H2,1-3H3. The Morgan fingerprint density at radius 3 is 2.38 bits per heavy atom. The first kappa shape index (κ1) is 15.5. The maximum Gasteiger partial charge on any atom is 0.133 e. The van der Waals surface area contributed by atoms with E-state index >= 15 is 0 Å². The molecule has 0 saturated carbocycles. The molecular weight excluding hydrogens is 267 g/mol. The highest BCUT2D eigenvalue weighted by atomic mass is 19.1. The molecule has 0 saturated heterocycles. The van der Waals surface area contributed by atoms with Gasteiger partial charge in [0, 0.05) is 5.56 Å². The second kappa shape index (κ2) is 6.72. The van der Waals surface area contributed by atoms with Crippen LogP contribution in [0.4, 0.5) is 4.39 Å². The van der Waals surface area contributed by atoms with Gasteiger partial charge in [-0.15, -0.1) is 0 Å². The number of para-hydroxylation sites is 1. The van der Waals surface area contributed by atoms with Crippen LogP contribution < -0.4 is 4.74 Å². The first-order valence-corrected chi connectivity index (χ1v) is 7.27. The minimum absolute atomic E-state index is 0.372. The highest BCUT2D eigenvalue weighted by molar-refractivity contribution is 5.43. The molecule has 0 amide bonds. The lowest BCUT2D eigenvalue weighted by atomic mass is 9.98. The molecule has 112 valence electrons. The number of hydrogen-bond donors (Lipinski definition) is 1. The molecule has 2 rings (SSSR count). The summed E-state index contributed by atoms with van der Waals surface area (Å²) >= 11 is 0. The van der Waals surface area contributed by atoms with E-state index in [4.69, 9.17) is 4.74 Å². The molecule has 2 unspecified atom stereocenters. The van der Waals surface area contributed by atoms with Crippen molar-refractivity contribution in [3.63, 3.8) is 0 Å². The minimum atomic E-state index is -0.786. The van der Waals surface area contributed by atoms with Gasteiger partial charge in [0.15, 0.2) is 0 Å². The van der Waals surface area contributed by atoms with Crippen LogP contribution in [0.3, 0.4) is 0 Å². The second-order valence-electron chi connectivity index (χ2n) is 5.31. The van der Waals surface area contributed by atoms with Gasteiger partial charge in [0.2, 0.25) is 0 Å². The average molecular weight is 288 g/mol. The van der Waals surface area contributed by atoms with Crippen molar-refractivity contribution in [3.05, 3.63) is 59.4 Å². The van der Waals surface area contributed by atoms with Gasteiger partial charge in [-0.1, -0.05) is 32.0 Å². The molecule has 1 N–H and O–H groups in total. The molecule has 2 atom stereocenters. The number of hydrogen-bond acceptors (Lipinski definition) is 2. The Hall–Kier alpha value is -1.87. The molecular formula is C18H21FO2. The molecule has 0 aliphatic carbocycles. The first-order valence-electron chi connectivity index (χ1n) is 7.27. The third-order valence-electron chi connectivity index (χ3n) is 3.70. The molecule has 0 bridgehead atoms. The van der Waals surface area contributed by atoms with Crippen molar-refractivity contribution in [3.8, 4) is 11.5 Å². The van der Waals surface area contributed by atoms with Crippen molar-refractivity contribution in [2.45, 2.75) is 39.2 Å². The Morgan fingerprint density at radius 1 is 1.05 bits per heavy atom. The molecule has 3 heteroatoms. The Labute approximate surface area is 125 Å². The lowest BCUT2D eigenvalue weighted by molar-refractivity contribution is 0.195. The Kier molecular flexibility index (Phi) is 4.97. The van der Waals surface area contributed by atoms with Crippen molar-refractivity contribution in [2.75, 3.05) is 0 Å². The topological polar surface area (TPSA) is 29.5 Å². The van der Waals surface area contributed by atoms with Crippen molar-refractivity contribution < 1.29 is 14.2 Å². The van der Waals surface area contributed by atoms with Crippen LogP contribution in [0, 0.1) is 5.82 Å². The fourth-order valence-electron chi connectivity index (χ4n) is 2.26. The molecule has 0 spiro atoms. The zero-order valence-electron chi connectivity index (χ0n) is 12.6. The quantitative estimate of drug-likeness (QED) is 0.821. The summed E-state index contributed by atoms with van der Waals surface area (Å²) in [6.45, 7) is 5.87. The van der Waals surface area contributed by atoms with E-state index in [1.807, 2.05) is 24.3 Å². The Balaban J connectivity index is 2.39. The van der Waals surface area contributed by atoms with E-state index in [2.05, 4.69) is 13.8 Å². The third-order valence-corrected chi connectivity index (χ3v) is 3.70. The predicted molar refractivity (Wildman–Crippen MR) is 82.3 cm³/mol. The zero-order valence-corrected chi connectivity index (χ0v) is 12.6. The normalized spacial score (nSPS) is 13.8. The third kappa shape index (κ3) is 3.61. The van der Waals surface area contributed by atoms with Gasteiger partial charge >= 0.3 is 0 Å². The average Bonchev–Trinajstić information content (AvgIpc) is 2.48. The number of benzene rings is 2. The summed E-state index contributed by atoms with van der Waals surface area (Å²) in [6, 6.07) is 12.0. The van der Waals surface area contributed by atoms with Crippen LogP contribution in [0.2, 0.25) is 0 Å². The van der Waals surface area contributed by atoms with E-state index in [-0.39, 0.29) is 5.82 Å². The van der Waals surface area contributed by atoms with E-state index in [1.54, 1.807) is 13.0 Å². The summed E-state index contributed by atoms with van der Waals surface area (Å²) in [5, 5.41) is 9.78. The lowest BCUT2D eigenvalue weighted by Gasteiger charge is -2.18. The van der Waals surface area contributed by atoms with E-state index in [1.165, 1.54) is 12.1 Å². The van der Waals surface area contributed by atoms with Gasteiger partial charge in [0.1, 0.15) is 17.3 Å². The fourth-order valence-corrected chi connectivity index (χ4v) is 2.26. The number of aliphatic hydroxyl groups excluding tert-OH is 1. The monoisotopic (exact) mass is 288 g/mol. The van der Waals surface area contributed by atoms with Crippen LogP contribution in [0.1, 0.15) is 50.3 Å². The molecule has 2 aromatic carbocycles. The SMILES string of the molecule is CCC(C)c1ccccc1Oc1ccc(F)cc1C(C)O. The van der Waals surface area contributed by atoms with E-state index in [0.29, 0.717) is 17.2 Å². The Bertz CT molecular complexity index is 608. The van der Waals surface area contributed by atoms with Crippen molar-refractivity contribution >= 4 is 0 Å². The fraction of sp³-hybridized carbons (Fsp3) is 0.333. The summed E-state index contributed by atoms with van der Waals surface area (Å²) in [5.41, 5.74) is 1.56. The summed E-state index contributed by atoms with van der Waals surface area (Å²) < 4.78 is 19.3. The van der Waals surface area contributed by atoms with Gasteiger partial charge < -0.3 is 9.84 Å². The predicted octanol–water partition coefficient (Wildman–Crippen LogP) is 5.18. The minimum Gasteiger partial charge on any atom is -0.457 e. The zero-order chi connectivity index (χ0) is 15.4. The highest BCUT2D eigenvalue weighted by Gasteiger charge is 2.15. The molecule has 0 aliphatic heterocycles. The first-order chi connectivity index (χ1) is 10.0. The molecule has 2 nitrogen and oxygen atoms in total.